The van der Waals surface area contributed by atoms with Gasteiger partial charge in [0.05, 0.1) is 16.8 Å². The van der Waals surface area contributed by atoms with Crippen molar-refractivity contribution in [3.8, 4) is 0 Å². The molecule has 0 aliphatic carbocycles. The van der Waals surface area contributed by atoms with E-state index >= 15 is 0 Å². The molecule has 7 heteroatoms. The highest BCUT2D eigenvalue weighted by atomic mass is 19.1. The predicted molar refractivity (Wildman–Crippen MR) is 102 cm³/mol. The van der Waals surface area contributed by atoms with Gasteiger partial charge in [-0.2, -0.15) is 0 Å². The number of halogens is 1. The number of carbonyl (C=O) groups is 2. The summed E-state index contributed by atoms with van der Waals surface area (Å²) in [5.41, 5.74) is 0.793. The number of nitrogens with zero attached hydrogens (tertiary/aromatic N) is 2. The van der Waals surface area contributed by atoms with E-state index in [1.54, 1.807) is 24.3 Å². The topological polar surface area (TPSA) is 72.9 Å². The zero-order valence-electron chi connectivity index (χ0n) is 15.1. The molecule has 1 saturated heterocycles. The minimum atomic E-state index is -1.15. The standard InChI is InChI=1S/C20H22FN3O3/c1-23-9-4-10-24(12-11-23)14-7-8-18(16(13-14)20(26)27)22-19(25)15-5-2-3-6-17(15)21/h2-3,5-8,13H,4,9-12H2,1H3,(H,22,25)(H,26,27). The molecule has 142 valence electrons. The minimum absolute atomic E-state index is 0.0187. The Hall–Kier alpha value is -2.93. The summed E-state index contributed by atoms with van der Waals surface area (Å²) in [5, 5.41) is 12.1. The molecule has 0 radical (unpaired) electrons. The monoisotopic (exact) mass is 371 g/mol. The lowest BCUT2D eigenvalue weighted by Gasteiger charge is -2.24. The van der Waals surface area contributed by atoms with E-state index < -0.39 is 17.7 Å². The van der Waals surface area contributed by atoms with Crippen LogP contribution in [-0.4, -0.2) is 55.1 Å². The Kier molecular flexibility index (Phi) is 5.71. The van der Waals surface area contributed by atoms with Gasteiger partial charge in [0.25, 0.3) is 5.91 Å². The fraction of sp³-hybridized carbons (Fsp3) is 0.300. The second-order valence-corrected chi connectivity index (χ2v) is 6.61. The van der Waals surface area contributed by atoms with Crippen molar-refractivity contribution in [2.45, 2.75) is 6.42 Å². The van der Waals surface area contributed by atoms with Crippen molar-refractivity contribution >= 4 is 23.3 Å². The summed E-state index contributed by atoms with van der Waals surface area (Å²) in [6, 6.07) is 10.5. The highest BCUT2D eigenvalue weighted by Gasteiger charge is 2.19. The average molecular weight is 371 g/mol. The number of carboxylic acid groups (broad SMARTS) is 1. The highest BCUT2D eigenvalue weighted by molar-refractivity contribution is 6.08. The lowest BCUT2D eigenvalue weighted by Crippen LogP contribution is -2.29. The van der Waals surface area contributed by atoms with Crippen LogP contribution in [0.4, 0.5) is 15.8 Å². The third-order valence-electron chi connectivity index (χ3n) is 4.68. The Balaban J connectivity index is 1.85. The van der Waals surface area contributed by atoms with E-state index in [1.807, 2.05) is 0 Å². The van der Waals surface area contributed by atoms with E-state index in [1.165, 1.54) is 18.2 Å². The molecule has 1 fully saturated rings. The Morgan fingerprint density at radius 3 is 2.56 bits per heavy atom. The van der Waals surface area contributed by atoms with Gasteiger partial charge in [-0.15, -0.1) is 0 Å². The number of amides is 1. The number of nitrogens with one attached hydrogen (secondary N) is 1. The van der Waals surface area contributed by atoms with E-state index in [2.05, 4.69) is 22.2 Å². The van der Waals surface area contributed by atoms with Crippen LogP contribution in [0.1, 0.15) is 27.1 Å². The molecule has 3 rings (SSSR count). The maximum absolute atomic E-state index is 13.8. The zero-order valence-corrected chi connectivity index (χ0v) is 15.1. The van der Waals surface area contributed by atoms with Crippen LogP contribution >= 0.6 is 0 Å². The smallest absolute Gasteiger partial charge is 0.337 e. The van der Waals surface area contributed by atoms with Gasteiger partial charge in [0, 0.05) is 25.3 Å². The van der Waals surface area contributed by atoms with E-state index in [4.69, 9.17) is 0 Å². The number of anilines is 2. The maximum atomic E-state index is 13.8. The van der Waals surface area contributed by atoms with Crippen molar-refractivity contribution in [2.24, 2.45) is 0 Å². The summed E-state index contributed by atoms with van der Waals surface area (Å²) in [4.78, 5) is 28.4. The van der Waals surface area contributed by atoms with Crippen LogP contribution in [0.2, 0.25) is 0 Å². The summed E-state index contributed by atoms with van der Waals surface area (Å²) in [7, 11) is 2.06. The van der Waals surface area contributed by atoms with E-state index in [0.717, 1.165) is 38.3 Å². The van der Waals surface area contributed by atoms with E-state index in [0.29, 0.717) is 0 Å². The highest BCUT2D eigenvalue weighted by Crippen LogP contribution is 2.25. The Morgan fingerprint density at radius 2 is 1.81 bits per heavy atom. The Labute approximate surface area is 157 Å². The number of carboxylic acids is 1. The normalized spacial score (nSPS) is 15.3. The van der Waals surface area contributed by atoms with Gasteiger partial charge in [0.1, 0.15) is 5.82 Å². The number of carbonyl (C=O) groups excluding carboxylic acids is 1. The van der Waals surface area contributed by atoms with Crippen LogP contribution < -0.4 is 10.2 Å². The number of rotatable bonds is 4. The predicted octanol–water partition coefficient (Wildman–Crippen LogP) is 2.92. The zero-order chi connectivity index (χ0) is 19.4. The fourth-order valence-electron chi connectivity index (χ4n) is 3.15. The molecule has 0 bridgehead atoms. The fourth-order valence-corrected chi connectivity index (χ4v) is 3.15. The summed E-state index contributed by atoms with van der Waals surface area (Å²) in [6.45, 7) is 3.54. The molecule has 2 aromatic carbocycles. The second-order valence-electron chi connectivity index (χ2n) is 6.61. The van der Waals surface area contributed by atoms with Gasteiger partial charge in [0.2, 0.25) is 0 Å². The van der Waals surface area contributed by atoms with Crippen molar-refractivity contribution in [1.29, 1.82) is 0 Å². The van der Waals surface area contributed by atoms with Crippen molar-refractivity contribution in [2.75, 3.05) is 43.4 Å². The van der Waals surface area contributed by atoms with Crippen LogP contribution in [0, 0.1) is 5.82 Å². The lowest BCUT2D eigenvalue weighted by atomic mass is 10.1. The van der Waals surface area contributed by atoms with Crippen molar-refractivity contribution in [3.63, 3.8) is 0 Å². The number of hydrogen-bond donors (Lipinski definition) is 2. The first kappa shape index (κ1) is 18.8. The minimum Gasteiger partial charge on any atom is -0.478 e. The van der Waals surface area contributed by atoms with E-state index in [-0.39, 0.29) is 16.8 Å². The quantitative estimate of drug-likeness (QED) is 0.865. The van der Waals surface area contributed by atoms with Gasteiger partial charge >= 0.3 is 5.97 Å². The largest absolute Gasteiger partial charge is 0.478 e. The van der Waals surface area contributed by atoms with Gasteiger partial charge in [-0.1, -0.05) is 12.1 Å². The molecule has 1 amide bonds. The first-order valence-corrected chi connectivity index (χ1v) is 8.82. The molecule has 1 heterocycles. The molecule has 0 saturated carbocycles. The van der Waals surface area contributed by atoms with Crippen molar-refractivity contribution in [1.82, 2.24) is 4.90 Å². The van der Waals surface area contributed by atoms with Gasteiger partial charge < -0.3 is 20.2 Å². The number of hydrogen-bond acceptors (Lipinski definition) is 4. The second kappa shape index (κ2) is 8.18. The molecule has 2 aromatic rings. The molecule has 0 spiro atoms. The van der Waals surface area contributed by atoms with Crippen LogP contribution in [0.3, 0.4) is 0 Å². The molecular weight excluding hydrogens is 349 g/mol. The first-order chi connectivity index (χ1) is 13.0. The van der Waals surface area contributed by atoms with Crippen LogP contribution in [0.15, 0.2) is 42.5 Å². The first-order valence-electron chi connectivity index (χ1n) is 8.82. The molecule has 2 N–H and O–H groups in total. The molecule has 6 nitrogen and oxygen atoms in total. The number of likely N-dealkylation sites (N-methyl/N-ethyl adjacent to an activating group) is 1. The molecular formula is C20H22FN3O3. The van der Waals surface area contributed by atoms with Crippen molar-refractivity contribution in [3.05, 3.63) is 59.4 Å². The summed E-state index contributed by atoms with van der Waals surface area (Å²) >= 11 is 0. The molecule has 1 aliphatic rings. The van der Waals surface area contributed by atoms with Crippen LogP contribution in [0.25, 0.3) is 0 Å². The lowest BCUT2D eigenvalue weighted by molar-refractivity contribution is 0.0698. The summed E-state index contributed by atoms with van der Waals surface area (Å²) in [5.74, 6) is -2.48. The third-order valence-corrected chi connectivity index (χ3v) is 4.68. The van der Waals surface area contributed by atoms with E-state index in [9.17, 15) is 19.1 Å². The number of aromatic carboxylic acids is 1. The Morgan fingerprint density at radius 1 is 1.04 bits per heavy atom. The summed E-state index contributed by atoms with van der Waals surface area (Å²) in [6.07, 6.45) is 0.991. The number of benzene rings is 2. The molecule has 0 aromatic heterocycles. The van der Waals surface area contributed by atoms with Gasteiger partial charge in [-0.05, 0) is 50.3 Å². The SMILES string of the molecule is CN1CCCN(c2ccc(NC(=O)c3ccccc3F)c(C(=O)O)c2)CC1. The molecule has 27 heavy (non-hydrogen) atoms. The van der Waals surface area contributed by atoms with Crippen LogP contribution in [0.5, 0.6) is 0 Å². The Bertz CT molecular complexity index is 856. The van der Waals surface area contributed by atoms with Gasteiger partial charge in [-0.3, -0.25) is 4.79 Å². The molecule has 0 unspecified atom stereocenters. The average Bonchev–Trinajstić information content (AvgIpc) is 2.86. The van der Waals surface area contributed by atoms with Crippen molar-refractivity contribution < 1.29 is 19.1 Å². The third kappa shape index (κ3) is 4.43. The molecule has 1 aliphatic heterocycles. The van der Waals surface area contributed by atoms with Gasteiger partial charge in [-0.25, -0.2) is 9.18 Å². The summed E-state index contributed by atoms with van der Waals surface area (Å²) < 4.78 is 13.8. The van der Waals surface area contributed by atoms with Gasteiger partial charge in [0.15, 0.2) is 0 Å². The molecule has 0 atom stereocenters. The maximum Gasteiger partial charge on any atom is 0.337 e. The van der Waals surface area contributed by atoms with Crippen LogP contribution in [-0.2, 0) is 0 Å².